The summed E-state index contributed by atoms with van der Waals surface area (Å²) in [6, 6.07) is -0.467. The van der Waals surface area contributed by atoms with Crippen LogP contribution in [0, 0.1) is 11.8 Å². The number of imidazole rings is 1. The average molecular weight is 610 g/mol. The van der Waals surface area contributed by atoms with Gasteiger partial charge in [0.1, 0.15) is 11.5 Å². The lowest BCUT2D eigenvalue weighted by molar-refractivity contribution is -0.142. The van der Waals surface area contributed by atoms with Crippen molar-refractivity contribution in [1.82, 2.24) is 24.3 Å². The van der Waals surface area contributed by atoms with E-state index < -0.39 is 18.1 Å². The second-order valence-electron chi connectivity index (χ2n) is 12.4. The number of piperidine rings is 1. The Morgan fingerprint density at radius 1 is 1.10 bits per heavy atom. The van der Waals surface area contributed by atoms with E-state index in [0.29, 0.717) is 58.1 Å². The number of hydrogen-bond donors (Lipinski definition) is 1. The number of amides is 3. The SMILES string of the molecule is COCCCCn1c(C2CCCCC2)nc(Cl)c1C(=O)N(CC(C)C)[C@H]1C[C@@H](C(=O)N2CCOCC2)CN(C(=O)O)C1. The topological polar surface area (TPSA) is 117 Å². The van der Waals surface area contributed by atoms with Crippen LogP contribution in [0.25, 0.3) is 0 Å². The highest BCUT2D eigenvalue weighted by molar-refractivity contribution is 6.32. The Labute approximate surface area is 254 Å². The predicted molar refractivity (Wildman–Crippen MR) is 159 cm³/mol. The number of ether oxygens (including phenoxy) is 2. The molecule has 11 nitrogen and oxygen atoms in total. The fourth-order valence-electron chi connectivity index (χ4n) is 6.66. The van der Waals surface area contributed by atoms with E-state index >= 15 is 0 Å². The molecule has 236 valence electrons. The summed E-state index contributed by atoms with van der Waals surface area (Å²) >= 11 is 6.80. The summed E-state index contributed by atoms with van der Waals surface area (Å²) in [6.07, 6.45) is 6.50. The maximum absolute atomic E-state index is 14.5. The van der Waals surface area contributed by atoms with Gasteiger partial charge in [0.05, 0.1) is 25.2 Å². The molecule has 0 bridgehead atoms. The fourth-order valence-corrected chi connectivity index (χ4v) is 6.93. The molecule has 4 rings (SSSR count). The zero-order chi connectivity index (χ0) is 30.2. The van der Waals surface area contributed by atoms with Gasteiger partial charge in [0.15, 0.2) is 5.15 Å². The van der Waals surface area contributed by atoms with Crippen LogP contribution in [-0.4, -0.2) is 113 Å². The molecule has 3 fully saturated rings. The van der Waals surface area contributed by atoms with Crippen LogP contribution in [0.5, 0.6) is 0 Å². The Kier molecular flexibility index (Phi) is 11.9. The van der Waals surface area contributed by atoms with E-state index in [0.717, 1.165) is 44.3 Å². The van der Waals surface area contributed by atoms with Crippen LogP contribution in [0.15, 0.2) is 0 Å². The van der Waals surface area contributed by atoms with Crippen molar-refractivity contribution in [2.24, 2.45) is 11.8 Å². The number of aromatic nitrogens is 2. The van der Waals surface area contributed by atoms with Crippen LogP contribution in [-0.2, 0) is 20.8 Å². The predicted octanol–water partition coefficient (Wildman–Crippen LogP) is 4.34. The lowest BCUT2D eigenvalue weighted by Crippen LogP contribution is -2.58. The zero-order valence-electron chi connectivity index (χ0n) is 25.4. The number of likely N-dealkylation sites (tertiary alicyclic amines) is 1. The van der Waals surface area contributed by atoms with Gasteiger partial charge in [-0.15, -0.1) is 0 Å². The van der Waals surface area contributed by atoms with E-state index in [1.165, 1.54) is 11.3 Å². The van der Waals surface area contributed by atoms with Crippen LogP contribution in [0.3, 0.4) is 0 Å². The van der Waals surface area contributed by atoms with Gasteiger partial charge in [-0.3, -0.25) is 9.59 Å². The Bertz CT molecular complexity index is 1070. The van der Waals surface area contributed by atoms with Crippen molar-refractivity contribution in [3.05, 3.63) is 16.7 Å². The van der Waals surface area contributed by atoms with Crippen molar-refractivity contribution in [3.63, 3.8) is 0 Å². The van der Waals surface area contributed by atoms with Gasteiger partial charge in [0.25, 0.3) is 5.91 Å². The van der Waals surface area contributed by atoms with Crippen molar-refractivity contribution in [2.75, 3.05) is 59.7 Å². The van der Waals surface area contributed by atoms with Gasteiger partial charge in [-0.25, -0.2) is 9.78 Å². The molecule has 1 N–H and O–H groups in total. The second kappa shape index (κ2) is 15.4. The van der Waals surface area contributed by atoms with E-state index in [2.05, 4.69) is 0 Å². The van der Waals surface area contributed by atoms with E-state index in [4.69, 9.17) is 26.1 Å². The maximum Gasteiger partial charge on any atom is 0.407 e. The molecule has 1 aliphatic carbocycles. The van der Waals surface area contributed by atoms with Crippen molar-refractivity contribution in [1.29, 1.82) is 0 Å². The van der Waals surface area contributed by atoms with Crippen molar-refractivity contribution >= 4 is 29.5 Å². The average Bonchev–Trinajstić information content (AvgIpc) is 3.33. The maximum atomic E-state index is 14.5. The van der Waals surface area contributed by atoms with Gasteiger partial charge in [0.2, 0.25) is 5.91 Å². The third kappa shape index (κ3) is 7.96. The first-order valence-electron chi connectivity index (χ1n) is 15.6. The summed E-state index contributed by atoms with van der Waals surface area (Å²) < 4.78 is 12.7. The number of nitrogens with zero attached hydrogens (tertiary/aromatic N) is 5. The quantitative estimate of drug-likeness (QED) is 0.371. The summed E-state index contributed by atoms with van der Waals surface area (Å²) in [5, 5.41) is 10.2. The summed E-state index contributed by atoms with van der Waals surface area (Å²) in [5.74, 6) is 0.397. The minimum Gasteiger partial charge on any atom is -0.465 e. The van der Waals surface area contributed by atoms with E-state index in [-0.39, 0.29) is 41.9 Å². The number of carboxylic acid groups (broad SMARTS) is 1. The van der Waals surface area contributed by atoms with Gasteiger partial charge in [-0.05, 0) is 38.0 Å². The highest BCUT2D eigenvalue weighted by Crippen LogP contribution is 2.35. The Balaban J connectivity index is 1.66. The van der Waals surface area contributed by atoms with Crippen molar-refractivity contribution in [2.45, 2.75) is 83.7 Å². The normalized spacial score (nSPS) is 22.0. The lowest BCUT2D eigenvalue weighted by atomic mass is 9.88. The Hall–Kier alpha value is -2.37. The number of carbonyl (C=O) groups is 3. The third-order valence-corrected chi connectivity index (χ3v) is 9.01. The summed E-state index contributed by atoms with van der Waals surface area (Å²) in [5.41, 5.74) is 0.374. The highest BCUT2D eigenvalue weighted by atomic mass is 35.5. The third-order valence-electron chi connectivity index (χ3n) is 8.74. The van der Waals surface area contributed by atoms with Crippen LogP contribution >= 0.6 is 11.6 Å². The Morgan fingerprint density at radius 2 is 1.81 bits per heavy atom. The van der Waals surface area contributed by atoms with Gasteiger partial charge >= 0.3 is 6.09 Å². The molecule has 0 radical (unpaired) electrons. The minimum atomic E-state index is -1.09. The largest absolute Gasteiger partial charge is 0.465 e. The first kappa shape index (κ1) is 32.5. The van der Waals surface area contributed by atoms with Crippen LogP contribution in [0.4, 0.5) is 4.79 Å². The molecule has 0 aromatic carbocycles. The molecule has 2 saturated heterocycles. The van der Waals surface area contributed by atoms with Gasteiger partial charge < -0.3 is 33.8 Å². The number of unbranched alkanes of at least 4 members (excludes halogenated alkanes) is 1. The van der Waals surface area contributed by atoms with Gasteiger partial charge in [-0.1, -0.05) is 44.7 Å². The molecule has 1 saturated carbocycles. The lowest BCUT2D eigenvalue weighted by Gasteiger charge is -2.43. The first-order chi connectivity index (χ1) is 20.2. The highest BCUT2D eigenvalue weighted by Gasteiger charge is 2.41. The first-order valence-corrected chi connectivity index (χ1v) is 16.0. The summed E-state index contributed by atoms with van der Waals surface area (Å²) in [4.78, 5) is 49.9. The molecule has 2 atom stereocenters. The molecule has 2 aliphatic heterocycles. The molecular formula is C30H48ClN5O6. The molecule has 0 unspecified atom stereocenters. The van der Waals surface area contributed by atoms with Crippen LogP contribution in [0.1, 0.15) is 87.4 Å². The second-order valence-corrected chi connectivity index (χ2v) is 12.7. The molecule has 3 heterocycles. The molecule has 3 amide bonds. The summed E-state index contributed by atoms with van der Waals surface area (Å²) in [6.45, 7) is 7.91. The smallest absolute Gasteiger partial charge is 0.407 e. The van der Waals surface area contributed by atoms with E-state index in [1.807, 2.05) is 18.4 Å². The molecule has 42 heavy (non-hydrogen) atoms. The number of hydrogen-bond acceptors (Lipinski definition) is 6. The number of carbonyl (C=O) groups excluding carboxylic acids is 2. The molecule has 0 spiro atoms. The van der Waals surface area contributed by atoms with Gasteiger partial charge in [0, 0.05) is 58.9 Å². The van der Waals surface area contributed by atoms with Crippen molar-refractivity contribution < 1.29 is 29.0 Å². The van der Waals surface area contributed by atoms with E-state index in [9.17, 15) is 19.5 Å². The van der Waals surface area contributed by atoms with Crippen LogP contribution < -0.4 is 0 Å². The molecule has 3 aliphatic rings. The number of halogens is 1. The standard InChI is InChI=1S/C30H48ClN5O6/c1-21(2)18-36(24-17-23(19-34(20-24)30(39)40)28(37)33-12-15-42-16-13-33)29(38)25-26(31)32-27(22-9-5-4-6-10-22)35(25)11-7-8-14-41-3/h21-24H,4-20H2,1-3H3,(H,39,40)/t23-,24+/m1/s1. The molecular weight excluding hydrogens is 562 g/mol. The zero-order valence-corrected chi connectivity index (χ0v) is 26.2. The van der Waals surface area contributed by atoms with Crippen molar-refractivity contribution in [3.8, 4) is 0 Å². The monoisotopic (exact) mass is 609 g/mol. The van der Waals surface area contributed by atoms with Gasteiger partial charge in [-0.2, -0.15) is 0 Å². The number of rotatable bonds is 11. The minimum absolute atomic E-state index is 0.0769. The molecule has 1 aromatic heterocycles. The molecule has 1 aromatic rings. The van der Waals surface area contributed by atoms with Crippen LogP contribution in [0.2, 0.25) is 5.15 Å². The Morgan fingerprint density at radius 3 is 2.45 bits per heavy atom. The van der Waals surface area contributed by atoms with E-state index in [1.54, 1.807) is 16.9 Å². The fraction of sp³-hybridized carbons (Fsp3) is 0.800. The summed E-state index contributed by atoms with van der Waals surface area (Å²) in [7, 11) is 1.68. The number of morpholine rings is 1. The molecule has 12 heteroatoms. The number of methoxy groups -OCH3 is 1.